The molecule has 0 saturated heterocycles. The summed E-state index contributed by atoms with van der Waals surface area (Å²) in [5, 5.41) is 4.34. The van der Waals surface area contributed by atoms with E-state index in [-0.39, 0.29) is 30.1 Å². The number of hydrogen-bond acceptors (Lipinski definition) is 3. The molecule has 11 heteroatoms. The first kappa shape index (κ1) is 24.8. The van der Waals surface area contributed by atoms with E-state index in [2.05, 4.69) is 9.88 Å². The van der Waals surface area contributed by atoms with Crippen LogP contribution in [-0.4, -0.2) is 16.5 Å². The summed E-state index contributed by atoms with van der Waals surface area (Å²) in [6.45, 7) is -0.432. The Balaban J connectivity index is 1.47. The first-order valence-corrected chi connectivity index (χ1v) is 12.2. The van der Waals surface area contributed by atoms with Gasteiger partial charge in [-0.2, -0.15) is 26.3 Å². The molecule has 186 valence electrons. The van der Waals surface area contributed by atoms with Crippen LogP contribution in [0.25, 0.3) is 0 Å². The van der Waals surface area contributed by atoms with Crippen molar-refractivity contribution in [3.8, 4) is 0 Å². The molecule has 4 rings (SSSR count). The SMILES string of the molecule is O=C(Cc1csc(=NC2CCCCC2)n1C1CC1)NCc1cc(C(F)(F)F)cc(C(F)(F)F)c1. The number of benzene rings is 1. The molecule has 0 spiro atoms. The van der Waals surface area contributed by atoms with Crippen LogP contribution in [0.3, 0.4) is 0 Å². The van der Waals surface area contributed by atoms with E-state index < -0.39 is 35.9 Å². The minimum atomic E-state index is -4.93. The summed E-state index contributed by atoms with van der Waals surface area (Å²) in [4.78, 5) is 18.3. The number of nitrogens with zero attached hydrogens (tertiary/aromatic N) is 2. The number of thiazole rings is 1. The highest BCUT2D eigenvalue weighted by atomic mass is 32.1. The van der Waals surface area contributed by atoms with E-state index in [1.54, 1.807) is 0 Å². The van der Waals surface area contributed by atoms with Gasteiger partial charge in [0.15, 0.2) is 4.80 Å². The fraction of sp³-hybridized carbons (Fsp3) is 0.565. The molecule has 1 N–H and O–H groups in total. The van der Waals surface area contributed by atoms with Crippen molar-refractivity contribution in [1.29, 1.82) is 0 Å². The molecular weight excluding hydrogens is 480 g/mol. The average molecular weight is 506 g/mol. The number of rotatable bonds is 6. The smallest absolute Gasteiger partial charge is 0.352 e. The largest absolute Gasteiger partial charge is 0.416 e. The molecule has 4 nitrogen and oxygen atoms in total. The number of alkyl halides is 6. The number of nitrogens with one attached hydrogen (secondary N) is 1. The highest BCUT2D eigenvalue weighted by Crippen LogP contribution is 2.37. The molecule has 1 heterocycles. The number of carbonyl (C=O) groups excluding carboxylic acids is 1. The summed E-state index contributed by atoms with van der Waals surface area (Å²) in [6, 6.07) is 1.90. The van der Waals surface area contributed by atoms with E-state index >= 15 is 0 Å². The number of hydrogen-bond donors (Lipinski definition) is 1. The van der Waals surface area contributed by atoms with Crippen molar-refractivity contribution in [3.63, 3.8) is 0 Å². The molecule has 34 heavy (non-hydrogen) atoms. The minimum Gasteiger partial charge on any atom is -0.352 e. The summed E-state index contributed by atoms with van der Waals surface area (Å²) in [5.74, 6) is -0.470. The number of amides is 1. The Bertz CT molecular complexity index is 1060. The highest BCUT2D eigenvalue weighted by molar-refractivity contribution is 7.07. The first-order valence-electron chi connectivity index (χ1n) is 11.3. The van der Waals surface area contributed by atoms with E-state index in [9.17, 15) is 31.1 Å². The monoisotopic (exact) mass is 505 g/mol. The molecule has 2 saturated carbocycles. The van der Waals surface area contributed by atoms with Gasteiger partial charge in [0.25, 0.3) is 0 Å². The number of halogens is 6. The van der Waals surface area contributed by atoms with Crippen molar-refractivity contribution < 1.29 is 31.1 Å². The second-order valence-corrected chi connectivity index (χ2v) is 9.74. The Morgan fingerprint density at radius 3 is 2.15 bits per heavy atom. The maximum Gasteiger partial charge on any atom is 0.416 e. The van der Waals surface area contributed by atoms with Crippen LogP contribution in [0, 0.1) is 0 Å². The van der Waals surface area contributed by atoms with Gasteiger partial charge in [0, 0.05) is 23.7 Å². The fourth-order valence-electron chi connectivity index (χ4n) is 4.22. The van der Waals surface area contributed by atoms with Gasteiger partial charge in [0.1, 0.15) is 0 Å². The summed E-state index contributed by atoms with van der Waals surface area (Å²) in [7, 11) is 0. The molecule has 0 atom stereocenters. The van der Waals surface area contributed by atoms with Crippen LogP contribution in [0.15, 0.2) is 28.6 Å². The van der Waals surface area contributed by atoms with Gasteiger partial charge < -0.3 is 9.88 Å². The molecule has 2 aromatic rings. The van der Waals surface area contributed by atoms with Crippen LogP contribution in [0.2, 0.25) is 0 Å². The second kappa shape index (κ2) is 9.75. The van der Waals surface area contributed by atoms with Gasteiger partial charge in [0.05, 0.1) is 23.6 Å². The lowest BCUT2D eigenvalue weighted by Gasteiger charge is -2.17. The Hall–Kier alpha value is -2.30. The van der Waals surface area contributed by atoms with Gasteiger partial charge in [0.2, 0.25) is 5.91 Å². The predicted molar refractivity (Wildman–Crippen MR) is 115 cm³/mol. The van der Waals surface area contributed by atoms with Crippen molar-refractivity contribution in [3.05, 3.63) is 50.8 Å². The molecule has 2 aliphatic rings. The van der Waals surface area contributed by atoms with Gasteiger partial charge in [-0.05, 0) is 49.4 Å². The first-order chi connectivity index (χ1) is 16.0. The molecule has 2 aliphatic carbocycles. The zero-order chi connectivity index (χ0) is 24.5. The quantitative estimate of drug-likeness (QED) is 0.480. The van der Waals surface area contributed by atoms with E-state index in [0.29, 0.717) is 12.1 Å². The molecule has 1 aromatic heterocycles. The lowest BCUT2D eigenvalue weighted by atomic mass is 9.96. The van der Waals surface area contributed by atoms with E-state index in [1.165, 1.54) is 17.8 Å². The Kier molecular flexibility index (Phi) is 7.12. The Morgan fingerprint density at radius 2 is 1.59 bits per heavy atom. The standard InChI is InChI=1S/C23H25F6N3OS/c24-22(25,26)15-8-14(9-16(10-15)23(27,28)29)12-30-20(33)11-19-13-34-21(32(19)18-6-7-18)31-17-4-2-1-3-5-17/h8-10,13,17-18H,1-7,11-12H2,(H,30,33). The van der Waals surface area contributed by atoms with Crippen LogP contribution in [0.5, 0.6) is 0 Å². The average Bonchev–Trinajstić information content (AvgIpc) is 3.53. The van der Waals surface area contributed by atoms with Gasteiger partial charge in [-0.1, -0.05) is 19.3 Å². The van der Waals surface area contributed by atoms with Crippen molar-refractivity contribution in [1.82, 2.24) is 9.88 Å². The van der Waals surface area contributed by atoms with E-state index in [0.717, 1.165) is 49.0 Å². The molecule has 2 fully saturated rings. The van der Waals surface area contributed by atoms with Gasteiger partial charge in [-0.25, -0.2) is 0 Å². The van der Waals surface area contributed by atoms with Crippen molar-refractivity contribution >= 4 is 17.2 Å². The van der Waals surface area contributed by atoms with Crippen LogP contribution >= 0.6 is 11.3 Å². The number of aromatic nitrogens is 1. The minimum absolute atomic E-state index is 0.0156. The summed E-state index contributed by atoms with van der Waals surface area (Å²) in [6.07, 6.45) is -2.24. The zero-order valence-electron chi connectivity index (χ0n) is 18.3. The third kappa shape index (κ3) is 6.22. The van der Waals surface area contributed by atoms with Crippen LogP contribution in [0.1, 0.15) is 73.4 Å². The van der Waals surface area contributed by atoms with Crippen molar-refractivity contribution in [2.45, 2.75) is 82.3 Å². The van der Waals surface area contributed by atoms with Crippen LogP contribution < -0.4 is 10.1 Å². The maximum absolute atomic E-state index is 13.1. The van der Waals surface area contributed by atoms with Gasteiger partial charge in [-0.15, -0.1) is 11.3 Å². The van der Waals surface area contributed by atoms with Crippen LogP contribution in [0.4, 0.5) is 26.3 Å². The maximum atomic E-state index is 13.1. The van der Waals surface area contributed by atoms with E-state index in [4.69, 9.17) is 4.99 Å². The van der Waals surface area contributed by atoms with Crippen molar-refractivity contribution in [2.75, 3.05) is 0 Å². The lowest BCUT2D eigenvalue weighted by Crippen LogP contribution is -2.28. The Morgan fingerprint density at radius 1 is 0.971 bits per heavy atom. The van der Waals surface area contributed by atoms with Crippen molar-refractivity contribution in [2.24, 2.45) is 4.99 Å². The third-order valence-corrected chi connectivity index (χ3v) is 6.98. The number of carbonyl (C=O) groups is 1. The topological polar surface area (TPSA) is 46.4 Å². The van der Waals surface area contributed by atoms with E-state index in [1.807, 2.05) is 5.38 Å². The molecular formula is C23H25F6N3OS. The molecule has 0 bridgehead atoms. The molecule has 1 aromatic carbocycles. The van der Waals surface area contributed by atoms with Gasteiger partial charge >= 0.3 is 12.4 Å². The summed E-state index contributed by atoms with van der Waals surface area (Å²) in [5.41, 5.74) is -2.29. The third-order valence-electron chi connectivity index (χ3n) is 6.07. The molecule has 1 amide bonds. The normalized spacial score (nSPS) is 18.4. The molecule has 0 radical (unpaired) electrons. The predicted octanol–water partition coefficient (Wildman–Crippen LogP) is 6.01. The van der Waals surface area contributed by atoms with Crippen LogP contribution in [-0.2, 0) is 30.1 Å². The molecule has 0 aliphatic heterocycles. The molecule has 0 unspecified atom stereocenters. The van der Waals surface area contributed by atoms with Gasteiger partial charge in [-0.3, -0.25) is 9.79 Å². The Labute approximate surface area is 196 Å². The zero-order valence-corrected chi connectivity index (χ0v) is 19.1. The second-order valence-electron chi connectivity index (χ2n) is 8.90. The highest BCUT2D eigenvalue weighted by Gasteiger charge is 2.37. The fourth-order valence-corrected chi connectivity index (χ4v) is 5.24. The lowest BCUT2D eigenvalue weighted by molar-refractivity contribution is -0.143. The summed E-state index contributed by atoms with van der Waals surface area (Å²) < 4.78 is 80.4. The summed E-state index contributed by atoms with van der Waals surface area (Å²) >= 11 is 1.47.